The van der Waals surface area contributed by atoms with E-state index in [2.05, 4.69) is 25.2 Å². The number of nitrogens with one attached hydrogen (secondary N) is 1. The number of piperazine rings is 1. The van der Waals surface area contributed by atoms with Crippen LogP contribution in [0.4, 0.5) is 11.8 Å². The number of amides is 1. The Labute approximate surface area is 168 Å². The fraction of sp³-hybridized carbons (Fsp3) is 0.300. The first-order valence-corrected chi connectivity index (χ1v) is 9.67. The Hall–Kier alpha value is -2.93. The van der Waals surface area contributed by atoms with Crippen molar-refractivity contribution in [1.29, 1.82) is 0 Å². The number of aromatic nitrogens is 3. The van der Waals surface area contributed by atoms with E-state index in [1.165, 1.54) is 0 Å². The standard InChI is InChI=1S/C20H21ClN6O/c21-19-16-5-2-1-4-15(16)14-17(25-19)22-9-6-18(28)26-10-12-27(13-11-26)20-23-7-3-8-24-20/h1-5,7-8,14H,6,9-13H2,(H,22,25). The molecule has 0 aliphatic carbocycles. The molecule has 1 N–H and O–H groups in total. The van der Waals surface area contributed by atoms with E-state index < -0.39 is 0 Å². The molecule has 144 valence electrons. The number of carbonyl (C=O) groups is 1. The lowest BCUT2D eigenvalue weighted by atomic mass is 10.2. The number of halogens is 1. The second kappa shape index (κ2) is 8.39. The van der Waals surface area contributed by atoms with E-state index in [1.807, 2.05) is 35.2 Å². The highest BCUT2D eigenvalue weighted by molar-refractivity contribution is 6.34. The maximum Gasteiger partial charge on any atom is 0.225 e. The van der Waals surface area contributed by atoms with E-state index in [4.69, 9.17) is 11.6 Å². The zero-order chi connectivity index (χ0) is 19.3. The summed E-state index contributed by atoms with van der Waals surface area (Å²) in [5.41, 5.74) is 0. The topological polar surface area (TPSA) is 74.2 Å². The van der Waals surface area contributed by atoms with Crippen LogP contribution in [0.15, 0.2) is 48.8 Å². The number of anilines is 2. The monoisotopic (exact) mass is 396 g/mol. The number of carbonyl (C=O) groups excluding carboxylic acids is 1. The average molecular weight is 397 g/mol. The van der Waals surface area contributed by atoms with Crippen molar-refractivity contribution in [3.05, 3.63) is 53.9 Å². The van der Waals surface area contributed by atoms with Gasteiger partial charge in [0.05, 0.1) is 0 Å². The summed E-state index contributed by atoms with van der Waals surface area (Å²) >= 11 is 6.25. The Morgan fingerprint density at radius 1 is 1.07 bits per heavy atom. The van der Waals surface area contributed by atoms with Crippen molar-refractivity contribution in [3.8, 4) is 0 Å². The molecule has 0 spiro atoms. The van der Waals surface area contributed by atoms with Crippen LogP contribution >= 0.6 is 11.6 Å². The van der Waals surface area contributed by atoms with Crippen molar-refractivity contribution in [2.75, 3.05) is 42.9 Å². The van der Waals surface area contributed by atoms with Gasteiger partial charge in [0.2, 0.25) is 11.9 Å². The van der Waals surface area contributed by atoms with Gasteiger partial charge in [0.25, 0.3) is 0 Å². The molecule has 7 nitrogen and oxygen atoms in total. The van der Waals surface area contributed by atoms with Gasteiger partial charge in [-0.25, -0.2) is 15.0 Å². The smallest absolute Gasteiger partial charge is 0.225 e. The predicted octanol–water partition coefficient (Wildman–Crippen LogP) is 2.83. The van der Waals surface area contributed by atoms with Gasteiger partial charge >= 0.3 is 0 Å². The highest BCUT2D eigenvalue weighted by Gasteiger charge is 2.22. The number of hydrogen-bond acceptors (Lipinski definition) is 6. The fourth-order valence-corrected chi connectivity index (χ4v) is 3.58. The Morgan fingerprint density at radius 2 is 1.82 bits per heavy atom. The average Bonchev–Trinajstić information content (AvgIpc) is 2.74. The molecule has 2 aromatic heterocycles. The molecule has 1 saturated heterocycles. The molecule has 1 fully saturated rings. The van der Waals surface area contributed by atoms with Gasteiger partial charge < -0.3 is 15.1 Å². The molecule has 3 aromatic rings. The molecule has 0 saturated carbocycles. The van der Waals surface area contributed by atoms with Gasteiger partial charge in [0.1, 0.15) is 11.0 Å². The molecule has 28 heavy (non-hydrogen) atoms. The lowest BCUT2D eigenvalue weighted by molar-refractivity contribution is -0.131. The summed E-state index contributed by atoms with van der Waals surface area (Å²) in [5, 5.41) is 5.62. The van der Waals surface area contributed by atoms with E-state index in [9.17, 15) is 4.79 Å². The highest BCUT2D eigenvalue weighted by atomic mass is 35.5. The van der Waals surface area contributed by atoms with Crippen LogP contribution in [0, 0.1) is 0 Å². The minimum atomic E-state index is 0.132. The van der Waals surface area contributed by atoms with Crippen molar-refractivity contribution < 1.29 is 4.79 Å². The summed E-state index contributed by atoms with van der Waals surface area (Å²) in [6.07, 6.45) is 3.88. The van der Waals surface area contributed by atoms with Crippen LogP contribution in [0.25, 0.3) is 10.8 Å². The van der Waals surface area contributed by atoms with Crippen LogP contribution in [0.3, 0.4) is 0 Å². The van der Waals surface area contributed by atoms with E-state index in [-0.39, 0.29) is 5.91 Å². The summed E-state index contributed by atoms with van der Waals surface area (Å²) in [7, 11) is 0. The predicted molar refractivity (Wildman–Crippen MR) is 111 cm³/mol. The lowest BCUT2D eigenvalue weighted by Crippen LogP contribution is -2.49. The summed E-state index contributed by atoms with van der Waals surface area (Å²) in [4.78, 5) is 29.4. The molecule has 0 atom stereocenters. The second-order valence-corrected chi connectivity index (χ2v) is 6.97. The van der Waals surface area contributed by atoms with E-state index in [0.717, 1.165) is 29.8 Å². The molecule has 1 amide bonds. The number of pyridine rings is 1. The third kappa shape index (κ3) is 4.14. The molecular formula is C20H21ClN6O. The maximum atomic E-state index is 12.5. The van der Waals surface area contributed by atoms with Crippen molar-refractivity contribution in [3.63, 3.8) is 0 Å². The number of nitrogens with zero attached hydrogens (tertiary/aromatic N) is 5. The number of benzene rings is 1. The Bertz CT molecular complexity index is 959. The Kier molecular flexibility index (Phi) is 5.53. The third-order valence-corrected chi connectivity index (χ3v) is 5.09. The summed E-state index contributed by atoms with van der Waals surface area (Å²) < 4.78 is 0. The van der Waals surface area contributed by atoms with Crippen LogP contribution in [-0.4, -0.2) is 58.5 Å². The lowest BCUT2D eigenvalue weighted by Gasteiger charge is -2.34. The number of fused-ring (bicyclic) bond motifs is 1. The third-order valence-electron chi connectivity index (χ3n) is 4.81. The summed E-state index contributed by atoms with van der Waals surface area (Å²) in [6.45, 7) is 3.35. The van der Waals surface area contributed by atoms with Gasteiger partial charge in [0.15, 0.2) is 0 Å². The molecule has 1 aliphatic heterocycles. The van der Waals surface area contributed by atoms with Crippen molar-refractivity contribution in [2.24, 2.45) is 0 Å². The molecule has 8 heteroatoms. The van der Waals surface area contributed by atoms with E-state index in [0.29, 0.717) is 37.0 Å². The molecule has 0 unspecified atom stereocenters. The minimum absolute atomic E-state index is 0.132. The van der Waals surface area contributed by atoms with E-state index >= 15 is 0 Å². The van der Waals surface area contributed by atoms with Crippen molar-refractivity contribution in [1.82, 2.24) is 19.9 Å². The van der Waals surface area contributed by atoms with Crippen molar-refractivity contribution in [2.45, 2.75) is 6.42 Å². The Balaban J connectivity index is 1.27. The largest absolute Gasteiger partial charge is 0.369 e. The first kappa shape index (κ1) is 18.4. The quantitative estimate of drug-likeness (QED) is 0.668. The van der Waals surface area contributed by atoms with Gasteiger partial charge in [-0.3, -0.25) is 4.79 Å². The first-order valence-electron chi connectivity index (χ1n) is 9.29. The van der Waals surface area contributed by atoms with Crippen LogP contribution in [0.2, 0.25) is 5.15 Å². The van der Waals surface area contributed by atoms with Crippen LogP contribution in [-0.2, 0) is 4.79 Å². The van der Waals surface area contributed by atoms with Crippen LogP contribution in [0.1, 0.15) is 6.42 Å². The molecule has 3 heterocycles. The first-order chi connectivity index (χ1) is 13.7. The van der Waals surface area contributed by atoms with Gasteiger partial charge in [-0.2, -0.15) is 0 Å². The second-order valence-electron chi connectivity index (χ2n) is 6.61. The molecule has 4 rings (SSSR count). The van der Waals surface area contributed by atoms with Gasteiger partial charge in [0, 0.05) is 56.9 Å². The number of rotatable bonds is 5. The Morgan fingerprint density at radius 3 is 2.61 bits per heavy atom. The van der Waals surface area contributed by atoms with Crippen LogP contribution < -0.4 is 10.2 Å². The summed E-state index contributed by atoms with van der Waals surface area (Å²) in [6, 6.07) is 11.6. The van der Waals surface area contributed by atoms with Gasteiger partial charge in [-0.05, 0) is 17.5 Å². The molecule has 0 bridgehead atoms. The van der Waals surface area contributed by atoms with Crippen molar-refractivity contribution >= 4 is 40.0 Å². The SMILES string of the molecule is O=C(CCNc1cc2ccccc2c(Cl)n1)N1CCN(c2ncccn2)CC1. The zero-order valence-corrected chi connectivity index (χ0v) is 16.1. The van der Waals surface area contributed by atoms with Gasteiger partial charge in [-0.1, -0.05) is 35.9 Å². The van der Waals surface area contributed by atoms with Gasteiger partial charge in [-0.15, -0.1) is 0 Å². The molecule has 1 aromatic carbocycles. The molecule has 0 radical (unpaired) electrons. The summed E-state index contributed by atoms with van der Waals surface area (Å²) in [5.74, 6) is 1.53. The molecule has 1 aliphatic rings. The zero-order valence-electron chi connectivity index (χ0n) is 15.4. The number of hydrogen-bond donors (Lipinski definition) is 1. The van der Waals surface area contributed by atoms with Crippen LogP contribution in [0.5, 0.6) is 0 Å². The normalized spacial score (nSPS) is 14.3. The maximum absolute atomic E-state index is 12.5. The fourth-order valence-electron chi connectivity index (χ4n) is 3.31. The van der Waals surface area contributed by atoms with E-state index in [1.54, 1.807) is 18.5 Å². The molecular weight excluding hydrogens is 376 g/mol. The minimum Gasteiger partial charge on any atom is -0.369 e. The highest BCUT2D eigenvalue weighted by Crippen LogP contribution is 2.24.